The van der Waals surface area contributed by atoms with E-state index in [0.29, 0.717) is 6.54 Å². The van der Waals surface area contributed by atoms with Crippen LogP contribution in [-0.4, -0.2) is 46.4 Å². The number of imidazole rings is 1. The summed E-state index contributed by atoms with van der Waals surface area (Å²) < 4.78 is 26.0. The van der Waals surface area contributed by atoms with E-state index in [2.05, 4.69) is 9.97 Å². The average molecular weight is 285 g/mol. The van der Waals surface area contributed by atoms with Gasteiger partial charge in [-0.2, -0.15) is 4.31 Å². The molecule has 19 heavy (non-hydrogen) atoms. The number of aromatic nitrogens is 2. The lowest BCUT2D eigenvalue weighted by Gasteiger charge is -2.22. The highest BCUT2D eigenvalue weighted by atomic mass is 32.2. The molecule has 104 valence electrons. The number of nitrogens with one attached hydrogen (secondary N) is 1. The summed E-state index contributed by atoms with van der Waals surface area (Å²) in [6.45, 7) is 0.295. The summed E-state index contributed by atoms with van der Waals surface area (Å²) in [7, 11) is -3.80. The Labute approximate surface area is 110 Å². The van der Waals surface area contributed by atoms with E-state index in [1.165, 1.54) is 12.5 Å². The van der Waals surface area contributed by atoms with Gasteiger partial charge < -0.3 is 10.1 Å². The zero-order valence-electron chi connectivity index (χ0n) is 10.2. The van der Waals surface area contributed by atoms with Crippen LogP contribution in [0.1, 0.15) is 19.3 Å². The fraction of sp³-hybridized carbons (Fsp3) is 0.636. The Hall–Kier alpha value is -1.41. The van der Waals surface area contributed by atoms with Crippen molar-refractivity contribution in [2.45, 2.75) is 30.3 Å². The quantitative estimate of drug-likeness (QED) is 0.830. The van der Waals surface area contributed by atoms with Crippen LogP contribution in [0.2, 0.25) is 0 Å². The molecule has 1 aliphatic carbocycles. The van der Waals surface area contributed by atoms with E-state index in [4.69, 9.17) is 0 Å². The first-order chi connectivity index (χ1) is 9.01. The Kier molecular flexibility index (Phi) is 2.86. The van der Waals surface area contributed by atoms with Crippen LogP contribution < -0.4 is 0 Å². The standard InChI is InChI=1S/C11H15N3O4S/c15-11(16)10-8-3-1-2-7(8)5-14(10)19(17,18)9-4-12-6-13-9/h4,6-8,10H,1-3,5H2,(H,12,13)(H,15,16). The van der Waals surface area contributed by atoms with E-state index in [1.54, 1.807) is 0 Å². The van der Waals surface area contributed by atoms with Crippen molar-refractivity contribution in [1.29, 1.82) is 0 Å². The Morgan fingerprint density at radius 1 is 1.47 bits per heavy atom. The maximum Gasteiger partial charge on any atom is 0.322 e. The average Bonchev–Trinajstić information content (AvgIpc) is 3.04. The Bertz CT molecular complexity index is 583. The zero-order chi connectivity index (χ0) is 13.6. The number of carboxylic acid groups (broad SMARTS) is 1. The SMILES string of the molecule is O=C(O)C1C2CCCC2CN1S(=O)(=O)c1cnc[nH]1. The molecule has 7 nitrogen and oxygen atoms in total. The first-order valence-corrected chi connectivity index (χ1v) is 7.69. The lowest BCUT2D eigenvalue weighted by molar-refractivity contribution is -0.142. The molecule has 0 spiro atoms. The fourth-order valence-electron chi connectivity index (χ4n) is 3.33. The Morgan fingerprint density at radius 2 is 2.26 bits per heavy atom. The number of fused-ring (bicyclic) bond motifs is 1. The third-order valence-corrected chi connectivity index (χ3v) is 5.93. The number of sulfonamides is 1. The smallest absolute Gasteiger partial charge is 0.322 e. The molecule has 3 rings (SSSR count). The van der Waals surface area contributed by atoms with Crippen LogP contribution in [0, 0.1) is 11.8 Å². The second-order valence-electron chi connectivity index (χ2n) is 5.13. The number of aliphatic carboxylic acids is 1. The first-order valence-electron chi connectivity index (χ1n) is 6.25. The molecule has 0 bridgehead atoms. The van der Waals surface area contributed by atoms with Crippen molar-refractivity contribution in [2.75, 3.05) is 6.54 Å². The largest absolute Gasteiger partial charge is 0.480 e. The van der Waals surface area contributed by atoms with Gasteiger partial charge in [0.25, 0.3) is 10.0 Å². The van der Waals surface area contributed by atoms with Gasteiger partial charge in [-0.25, -0.2) is 13.4 Å². The van der Waals surface area contributed by atoms with E-state index < -0.39 is 22.0 Å². The molecule has 0 aromatic carbocycles. The summed E-state index contributed by atoms with van der Waals surface area (Å²) >= 11 is 0. The van der Waals surface area contributed by atoms with E-state index in [1.807, 2.05) is 0 Å². The molecular weight excluding hydrogens is 270 g/mol. The van der Waals surface area contributed by atoms with Crippen LogP contribution in [-0.2, 0) is 14.8 Å². The minimum atomic E-state index is -3.80. The molecule has 1 saturated heterocycles. The van der Waals surface area contributed by atoms with Crippen molar-refractivity contribution in [2.24, 2.45) is 11.8 Å². The van der Waals surface area contributed by atoms with Gasteiger partial charge in [-0.3, -0.25) is 4.79 Å². The van der Waals surface area contributed by atoms with Crippen molar-refractivity contribution < 1.29 is 18.3 Å². The summed E-state index contributed by atoms with van der Waals surface area (Å²) in [5, 5.41) is 9.32. The molecule has 2 heterocycles. The molecule has 2 fully saturated rings. The number of carbonyl (C=O) groups is 1. The van der Waals surface area contributed by atoms with Gasteiger partial charge in [0.2, 0.25) is 0 Å². The summed E-state index contributed by atoms with van der Waals surface area (Å²) in [5.74, 6) is -0.952. The number of H-pyrrole nitrogens is 1. The molecule has 1 aliphatic heterocycles. The minimum absolute atomic E-state index is 0.0428. The van der Waals surface area contributed by atoms with Crippen molar-refractivity contribution in [3.05, 3.63) is 12.5 Å². The zero-order valence-corrected chi connectivity index (χ0v) is 11.0. The predicted octanol–water partition coefficient (Wildman–Crippen LogP) is 0.283. The molecule has 2 aliphatic rings. The van der Waals surface area contributed by atoms with E-state index in [-0.39, 0.29) is 16.9 Å². The van der Waals surface area contributed by atoms with Gasteiger partial charge in [-0.15, -0.1) is 0 Å². The molecule has 0 amide bonds. The van der Waals surface area contributed by atoms with E-state index in [0.717, 1.165) is 23.6 Å². The van der Waals surface area contributed by atoms with Crippen molar-refractivity contribution in [3.63, 3.8) is 0 Å². The highest BCUT2D eigenvalue weighted by Gasteiger charge is 2.52. The topological polar surface area (TPSA) is 103 Å². The third kappa shape index (κ3) is 1.86. The van der Waals surface area contributed by atoms with E-state index >= 15 is 0 Å². The predicted molar refractivity (Wildman–Crippen MR) is 64.7 cm³/mol. The Morgan fingerprint density at radius 3 is 2.89 bits per heavy atom. The van der Waals surface area contributed by atoms with Crippen LogP contribution in [0.15, 0.2) is 17.6 Å². The lowest BCUT2D eigenvalue weighted by Crippen LogP contribution is -2.43. The van der Waals surface area contributed by atoms with Crippen LogP contribution in [0.3, 0.4) is 0 Å². The van der Waals surface area contributed by atoms with Gasteiger partial charge in [0, 0.05) is 6.54 Å². The van der Waals surface area contributed by atoms with Crippen molar-refractivity contribution in [1.82, 2.24) is 14.3 Å². The van der Waals surface area contributed by atoms with Gasteiger partial charge in [0.15, 0.2) is 5.03 Å². The lowest BCUT2D eigenvalue weighted by atomic mass is 9.94. The number of aromatic amines is 1. The van der Waals surface area contributed by atoms with Crippen LogP contribution in [0.4, 0.5) is 0 Å². The summed E-state index contributed by atoms with van der Waals surface area (Å²) in [5.41, 5.74) is 0. The molecule has 1 saturated carbocycles. The van der Waals surface area contributed by atoms with Gasteiger partial charge in [-0.1, -0.05) is 6.42 Å². The molecule has 3 unspecified atom stereocenters. The van der Waals surface area contributed by atoms with Gasteiger partial charge in [0.1, 0.15) is 6.04 Å². The van der Waals surface area contributed by atoms with Crippen molar-refractivity contribution in [3.8, 4) is 0 Å². The maximum absolute atomic E-state index is 12.4. The highest BCUT2D eigenvalue weighted by molar-refractivity contribution is 7.89. The molecule has 2 N–H and O–H groups in total. The number of rotatable bonds is 3. The van der Waals surface area contributed by atoms with Crippen molar-refractivity contribution >= 4 is 16.0 Å². The molecule has 1 aromatic rings. The van der Waals surface area contributed by atoms with Crippen LogP contribution >= 0.6 is 0 Å². The molecule has 0 radical (unpaired) electrons. The second kappa shape index (κ2) is 4.31. The van der Waals surface area contributed by atoms with Crippen LogP contribution in [0.25, 0.3) is 0 Å². The monoisotopic (exact) mass is 285 g/mol. The number of hydrogen-bond donors (Lipinski definition) is 2. The fourth-order valence-corrected chi connectivity index (χ4v) is 4.91. The Balaban J connectivity index is 1.98. The summed E-state index contributed by atoms with van der Waals surface area (Å²) in [6, 6.07) is -0.944. The first kappa shape index (κ1) is 12.6. The number of hydrogen-bond acceptors (Lipinski definition) is 4. The highest BCUT2D eigenvalue weighted by Crippen LogP contribution is 2.44. The van der Waals surface area contributed by atoms with Gasteiger partial charge in [-0.05, 0) is 24.7 Å². The van der Waals surface area contributed by atoms with Crippen LogP contribution in [0.5, 0.6) is 0 Å². The van der Waals surface area contributed by atoms with E-state index in [9.17, 15) is 18.3 Å². The molecular formula is C11H15N3O4S. The number of carboxylic acids is 1. The van der Waals surface area contributed by atoms with Gasteiger partial charge in [0.05, 0.1) is 12.5 Å². The molecule has 8 heteroatoms. The minimum Gasteiger partial charge on any atom is -0.480 e. The summed E-state index contributed by atoms with van der Waals surface area (Å²) in [6.07, 6.45) is 5.17. The normalized spacial score (nSPS) is 31.5. The molecule has 1 aromatic heterocycles. The summed E-state index contributed by atoms with van der Waals surface area (Å²) in [4.78, 5) is 17.7. The number of nitrogens with zero attached hydrogens (tertiary/aromatic N) is 2. The third-order valence-electron chi connectivity index (χ3n) is 4.16. The van der Waals surface area contributed by atoms with Gasteiger partial charge >= 0.3 is 5.97 Å². The molecule has 3 atom stereocenters. The second-order valence-corrected chi connectivity index (χ2v) is 6.99. The maximum atomic E-state index is 12.4.